The molecule has 0 heterocycles. The van der Waals surface area contributed by atoms with E-state index in [0.29, 0.717) is 23.2 Å². The van der Waals surface area contributed by atoms with Crippen molar-refractivity contribution in [2.75, 3.05) is 11.9 Å². The summed E-state index contributed by atoms with van der Waals surface area (Å²) in [5, 5.41) is 3.46. The van der Waals surface area contributed by atoms with Gasteiger partial charge in [0.1, 0.15) is 0 Å². The van der Waals surface area contributed by atoms with Gasteiger partial charge in [0.25, 0.3) is 0 Å². The molecule has 3 nitrogen and oxygen atoms in total. The number of hydrogen-bond donors (Lipinski definition) is 1. The first kappa shape index (κ1) is 16.0. The van der Waals surface area contributed by atoms with Crippen LogP contribution in [-0.2, 0) is 11.3 Å². The first-order chi connectivity index (χ1) is 11.2. The minimum Gasteiger partial charge on any atom is -0.325 e. The Morgan fingerprint density at radius 2 is 1.78 bits per heavy atom. The number of rotatable bonds is 7. The Hall–Kier alpha value is -1.84. The van der Waals surface area contributed by atoms with E-state index in [1.807, 2.05) is 24.3 Å². The molecule has 2 aromatic carbocycles. The number of nitrogens with zero attached hydrogens (tertiary/aromatic N) is 1. The largest absolute Gasteiger partial charge is 0.325 e. The maximum absolute atomic E-state index is 12.2. The zero-order chi connectivity index (χ0) is 16.1. The minimum absolute atomic E-state index is 0.0109. The topological polar surface area (TPSA) is 32.3 Å². The van der Waals surface area contributed by atoms with E-state index < -0.39 is 0 Å². The van der Waals surface area contributed by atoms with Crippen molar-refractivity contribution >= 4 is 23.2 Å². The molecule has 0 aromatic heterocycles. The first-order valence-corrected chi connectivity index (χ1v) is 8.42. The fourth-order valence-electron chi connectivity index (χ4n) is 2.67. The zero-order valence-corrected chi connectivity index (χ0v) is 13.8. The Labute approximate surface area is 142 Å². The van der Waals surface area contributed by atoms with Crippen molar-refractivity contribution in [3.63, 3.8) is 0 Å². The van der Waals surface area contributed by atoms with Crippen LogP contribution in [0, 0.1) is 0 Å². The van der Waals surface area contributed by atoms with Crippen LogP contribution in [0.1, 0.15) is 24.8 Å². The van der Waals surface area contributed by atoms with Crippen molar-refractivity contribution in [3.05, 3.63) is 65.2 Å². The van der Waals surface area contributed by atoms with Crippen LogP contribution < -0.4 is 5.32 Å². The number of anilines is 1. The lowest BCUT2D eigenvalue weighted by Crippen LogP contribution is -2.29. The third-order valence-electron chi connectivity index (χ3n) is 4.07. The average molecular weight is 329 g/mol. The normalized spacial score (nSPS) is 14.0. The maximum atomic E-state index is 12.2. The lowest BCUT2D eigenvalue weighted by atomic mass is 10.2. The monoisotopic (exact) mass is 328 g/mol. The number of halogens is 1. The molecule has 1 fully saturated rings. The molecule has 0 aliphatic heterocycles. The van der Waals surface area contributed by atoms with Gasteiger partial charge >= 0.3 is 0 Å². The van der Waals surface area contributed by atoms with Crippen molar-refractivity contribution in [3.8, 4) is 0 Å². The summed E-state index contributed by atoms with van der Waals surface area (Å²) in [6, 6.07) is 18.4. The maximum Gasteiger partial charge on any atom is 0.225 e. The van der Waals surface area contributed by atoms with Gasteiger partial charge in [-0.3, -0.25) is 9.69 Å². The van der Waals surface area contributed by atoms with Crippen LogP contribution in [0.25, 0.3) is 0 Å². The summed E-state index contributed by atoms with van der Waals surface area (Å²) in [5.41, 5.74) is 1.98. The van der Waals surface area contributed by atoms with Gasteiger partial charge in [0, 0.05) is 25.6 Å². The molecule has 120 valence electrons. The predicted molar refractivity (Wildman–Crippen MR) is 94.6 cm³/mol. The van der Waals surface area contributed by atoms with Gasteiger partial charge in [-0.2, -0.15) is 0 Å². The van der Waals surface area contributed by atoms with E-state index in [-0.39, 0.29) is 5.91 Å². The van der Waals surface area contributed by atoms with Crippen LogP contribution in [0.2, 0.25) is 5.02 Å². The fourth-order valence-corrected chi connectivity index (χ4v) is 2.85. The lowest BCUT2D eigenvalue weighted by Gasteiger charge is -2.21. The summed E-state index contributed by atoms with van der Waals surface area (Å²) in [6.07, 6.45) is 2.95. The second-order valence-electron chi connectivity index (χ2n) is 5.97. The van der Waals surface area contributed by atoms with Crippen molar-refractivity contribution in [2.45, 2.75) is 31.8 Å². The second kappa shape index (κ2) is 7.62. The lowest BCUT2D eigenvalue weighted by molar-refractivity contribution is -0.116. The average Bonchev–Trinajstić information content (AvgIpc) is 3.39. The SMILES string of the molecule is O=C(CCN(Cc1ccccc1)C1CC1)Nc1ccccc1Cl. The Morgan fingerprint density at radius 1 is 1.09 bits per heavy atom. The van der Waals surface area contributed by atoms with E-state index in [0.717, 1.165) is 13.1 Å². The highest BCUT2D eigenvalue weighted by Gasteiger charge is 2.29. The minimum atomic E-state index is 0.0109. The van der Waals surface area contributed by atoms with Gasteiger partial charge in [-0.05, 0) is 30.5 Å². The van der Waals surface area contributed by atoms with Crippen molar-refractivity contribution < 1.29 is 4.79 Å². The highest BCUT2D eigenvalue weighted by Crippen LogP contribution is 2.28. The molecule has 1 amide bonds. The molecule has 0 atom stereocenters. The number of carbonyl (C=O) groups is 1. The summed E-state index contributed by atoms with van der Waals surface area (Å²) >= 11 is 6.07. The van der Waals surface area contributed by atoms with E-state index in [1.54, 1.807) is 6.07 Å². The molecule has 2 aromatic rings. The molecular formula is C19H21ClN2O. The van der Waals surface area contributed by atoms with E-state index in [9.17, 15) is 4.79 Å². The standard InChI is InChI=1S/C19H21ClN2O/c20-17-8-4-5-9-18(17)21-19(23)12-13-22(16-10-11-16)14-15-6-2-1-3-7-15/h1-9,16H,10-14H2,(H,21,23). The number of nitrogens with one attached hydrogen (secondary N) is 1. The molecule has 23 heavy (non-hydrogen) atoms. The first-order valence-electron chi connectivity index (χ1n) is 8.05. The Kier molecular flexibility index (Phi) is 5.31. The fraction of sp³-hybridized carbons (Fsp3) is 0.316. The molecular weight excluding hydrogens is 308 g/mol. The van der Waals surface area contributed by atoms with Crippen LogP contribution in [0.15, 0.2) is 54.6 Å². The molecule has 1 aliphatic rings. The van der Waals surface area contributed by atoms with Crippen LogP contribution in [0.5, 0.6) is 0 Å². The van der Waals surface area contributed by atoms with Crippen molar-refractivity contribution in [1.82, 2.24) is 4.90 Å². The van der Waals surface area contributed by atoms with E-state index in [4.69, 9.17) is 11.6 Å². The molecule has 3 rings (SSSR count). The van der Waals surface area contributed by atoms with Gasteiger partial charge in [-0.15, -0.1) is 0 Å². The smallest absolute Gasteiger partial charge is 0.225 e. The number of carbonyl (C=O) groups excluding carboxylic acids is 1. The zero-order valence-electron chi connectivity index (χ0n) is 13.0. The van der Waals surface area contributed by atoms with Gasteiger partial charge in [0.05, 0.1) is 10.7 Å². The molecule has 1 saturated carbocycles. The molecule has 0 unspecified atom stereocenters. The van der Waals surface area contributed by atoms with E-state index in [1.165, 1.54) is 18.4 Å². The van der Waals surface area contributed by atoms with Gasteiger partial charge in [0.2, 0.25) is 5.91 Å². The third kappa shape index (κ3) is 4.81. The third-order valence-corrected chi connectivity index (χ3v) is 4.40. The number of benzene rings is 2. The molecule has 0 radical (unpaired) electrons. The predicted octanol–water partition coefficient (Wildman–Crippen LogP) is 4.33. The van der Waals surface area contributed by atoms with Gasteiger partial charge in [-0.25, -0.2) is 0 Å². The summed E-state index contributed by atoms with van der Waals surface area (Å²) in [6.45, 7) is 1.68. The molecule has 1 aliphatic carbocycles. The quantitative estimate of drug-likeness (QED) is 0.820. The van der Waals surface area contributed by atoms with Crippen LogP contribution in [0.4, 0.5) is 5.69 Å². The van der Waals surface area contributed by atoms with Crippen molar-refractivity contribution in [2.24, 2.45) is 0 Å². The Morgan fingerprint density at radius 3 is 2.48 bits per heavy atom. The van der Waals surface area contributed by atoms with E-state index in [2.05, 4.69) is 34.5 Å². The van der Waals surface area contributed by atoms with Gasteiger partial charge in [-0.1, -0.05) is 54.1 Å². The highest BCUT2D eigenvalue weighted by atomic mass is 35.5. The van der Waals surface area contributed by atoms with Crippen molar-refractivity contribution in [1.29, 1.82) is 0 Å². The Bertz CT molecular complexity index is 655. The van der Waals surface area contributed by atoms with Crippen LogP contribution in [-0.4, -0.2) is 23.4 Å². The van der Waals surface area contributed by atoms with E-state index >= 15 is 0 Å². The molecule has 0 bridgehead atoms. The number of amides is 1. The van der Waals surface area contributed by atoms with Gasteiger partial charge < -0.3 is 5.32 Å². The molecule has 0 spiro atoms. The summed E-state index contributed by atoms with van der Waals surface area (Å²) < 4.78 is 0. The van der Waals surface area contributed by atoms with Gasteiger partial charge in [0.15, 0.2) is 0 Å². The van der Waals surface area contributed by atoms with Crippen LogP contribution in [0.3, 0.4) is 0 Å². The number of para-hydroxylation sites is 1. The second-order valence-corrected chi connectivity index (χ2v) is 6.37. The number of hydrogen-bond acceptors (Lipinski definition) is 2. The Balaban J connectivity index is 1.53. The summed E-state index contributed by atoms with van der Waals surface area (Å²) in [7, 11) is 0. The van der Waals surface area contributed by atoms with Crippen LogP contribution >= 0.6 is 11.6 Å². The molecule has 4 heteroatoms. The molecule has 1 N–H and O–H groups in total. The molecule has 0 saturated heterocycles. The summed E-state index contributed by atoms with van der Waals surface area (Å²) in [4.78, 5) is 14.6. The highest BCUT2D eigenvalue weighted by molar-refractivity contribution is 6.33. The summed E-state index contributed by atoms with van der Waals surface area (Å²) in [5.74, 6) is 0.0109.